The maximum absolute atomic E-state index is 12.8. The molecule has 0 amide bonds. The third-order valence-corrected chi connectivity index (χ3v) is 4.84. The van der Waals surface area contributed by atoms with Gasteiger partial charge in [0.15, 0.2) is 0 Å². The van der Waals surface area contributed by atoms with Crippen LogP contribution in [0.3, 0.4) is 0 Å². The summed E-state index contributed by atoms with van der Waals surface area (Å²) < 4.78 is 18.5. The smallest absolute Gasteiger partial charge is 0.123 e. The largest absolute Gasteiger partial charge is 0.508 e. The number of phenols is 2. The van der Waals surface area contributed by atoms with Gasteiger partial charge in [-0.15, -0.1) is 0 Å². The van der Waals surface area contributed by atoms with Crippen molar-refractivity contribution >= 4 is 0 Å². The molecule has 0 radical (unpaired) electrons. The highest BCUT2D eigenvalue weighted by atomic mass is 19.1. The lowest BCUT2D eigenvalue weighted by Gasteiger charge is -2.18. The van der Waals surface area contributed by atoms with Crippen molar-refractivity contribution in [3.05, 3.63) is 59.4 Å². The van der Waals surface area contributed by atoms with E-state index in [1.165, 1.54) is 30.3 Å². The first kappa shape index (κ1) is 23.1. The molecule has 0 bridgehead atoms. The lowest BCUT2D eigenvalue weighted by atomic mass is 10.1. The maximum atomic E-state index is 12.8. The van der Waals surface area contributed by atoms with Crippen molar-refractivity contribution in [2.45, 2.75) is 51.2 Å². The van der Waals surface area contributed by atoms with E-state index < -0.39 is 6.10 Å². The second-order valence-corrected chi connectivity index (χ2v) is 7.45. The van der Waals surface area contributed by atoms with Gasteiger partial charge >= 0.3 is 0 Å². The van der Waals surface area contributed by atoms with Gasteiger partial charge in [-0.25, -0.2) is 4.39 Å². The van der Waals surface area contributed by atoms with Crippen molar-refractivity contribution in [3.8, 4) is 11.5 Å². The number of benzene rings is 2. The van der Waals surface area contributed by atoms with Crippen LogP contribution in [0.15, 0.2) is 42.5 Å². The molecule has 2 rings (SSSR count). The van der Waals surface area contributed by atoms with Gasteiger partial charge < -0.3 is 25.4 Å². The third kappa shape index (κ3) is 9.26. The van der Waals surface area contributed by atoms with E-state index in [9.17, 15) is 19.7 Å². The molecule has 0 aliphatic heterocycles. The molecule has 0 aromatic heterocycles. The van der Waals surface area contributed by atoms with Gasteiger partial charge in [-0.2, -0.15) is 0 Å². The number of aliphatic hydroxyl groups is 1. The quantitative estimate of drug-likeness (QED) is 0.378. The number of unbranched alkanes of at least 4 members (excludes halogenated alkanes) is 2. The van der Waals surface area contributed by atoms with E-state index in [1.54, 1.807) is 12.1 Å². The van der Waals surface area contributed by atoms with Crippen LogP contribution in [-0.4, -0.2) is 41.1 Å². The molecule has 0 fully saturated rings. The molecule has 4 N–H and O–H groups in total. The fourth-order valence-corrected chi connectivity index (χ4v) is 3.12. The lowest BCUT2D eigenvalue weighted by molar-refractivity contribution is 0.132. The van der Waals surface area contributed by atoms with Gasteiger partial charge in [-0.05, 0) is 61.6 Å². The summed E-state index contributed by atoms with van der Waals surface area (Å²) in [5, 5.41) is 32.5. The average molecular weight is 406 g/mol. The summed E-state index contributed by atoms with van der Waals surface area (Å²) in [6.07, 6.45) is 4.14. The number of halogens is 1. The Kier molecular flexibility index (Phi) is 9.91. The number of hydrogen-bond acceptors (Lipinski definition) is 5. The first-order valence-electron chi connectivity index (χ1n) is 10.2. The van der Waals surface area contributed by atoms with E-state index in [2.05, 4.69) is 12.2 Å². The van der Waals surface area contributed by atoms with Crippen LogP contribution in [0.25, 0.3) is 0 Å². The Hall–Kier alpha value is -2.15. The van der Waals surface area contributed by atoms with Crippen molar-refractivity contribution in [3.63, 3.8) is 0 Å². The summed E-state index contributed by atoms with van der Waals surface area (Å²) >= 11 is 0. The van der Waals surface area contributed by atoms with Crippen LogP contribution in [0.4, 0.5) is 4.39 Å². The van der Waals surface area contributed by atoms with E-state index in [1.807, 2.05) is 0 Å². The van der Waals surface area contributed by atoms with Crippen LogP contribution in [0.1, 0.15) is 49.8 Å². The minimum atomic E-state index is -0.787. The molecule has 29 heavy (non-hydrogen) atoms. The van der Waals surface area contributed by atoms with Crippen molar-refractivity contribution in [1.82, 2.24) is 5.32 Å². The number of ether oxygens (including phenoxy) is 1. The first-order chi connectivity index (χ1) is 13.9. The second kappa shape index (κ2) is 12.4. The Morgan fingerprint density at radius 3 is 2.34 bits per heavy atom. The average Bonchev–Trinajstić information content (AvgIpc) is 2.68. The van der Waals surface area contributed by atoms with E-state index in [0.29, 0.717) is 18.7 Å². The molecule has 6 heteroatoms. The van der Waals surface area contributed by atoms with Crippen LogP contribution in [0.2, 0.25) is 0 Å². The zero-order valence-corrected chi connectivity index (χ0v) is 17.0. The highest BCUT2D eigenvalue weighted by molar-refractivity contribution is 5.37. The topological polar surface area (TPSA) is 82.0 Å². The summed E-state index contributed by atoms with van der Waals surface area (Å²) in [7, 11) is 0. The number of phenolic OH excluding ortho intramolecular Hbond substituents is 2. The van der Waals surface area contributed by atoms with Crippen molar-refractivity contribution in [2.75, 3.05) is 19.8 Å². The molecule has 5 nitrogen and oxygen atoms in total. The predicted molar refractivity (Wildman–Crippen MR) is 112 cm³/mol. The minimum absolute atomic E-state index is 0.0630. The van der Waals surface area contributed by atoms with Crippen LogP contribution in [-0.2, 0) is 11.2 Å². The lowest BCUT2D eigenvalue weighted by Crippen LogP contribution is -2.30. The summed E-state index contributed by atoms with van der Waals surface area (Å²) in [6.45, 7) is 3.80. The molecule has 0 spiro atoms. The van der Waals surface area contributed by atoms with Crippen molar-refractivity contribution in [2.24, 2.45) is 0 Å². The molecule has 0 saturated heterocycles. The molecule has 0 saturated carbocycles. The highest BCUT2D eigenvalue weighted by Crippen LogP contribution is 2.24. The first-order valence-corrected chi connectivity index (χ1v) is 10.2. The Morgan fingerprint density at radius 1 is 0.966 bits per heavy atom. The molecular formula is C23H32FNO4. The number of aromatic hydroxyl groups is 2. The molecule has 2 aromatic carbocycles. The Bertz CT molecular complexity index is 703. The maximum Gasteiger partial charge on any atom is 0.123 e. The van der Waals surface area contributed by atoms with Gasteiger partial charge in [0.1, 0.15) is 17.3 Å². The van der Waals surface area contributed by atoms with Crippen LogP contribution >= 0.6 is 0 Å². The molecule has 2 aromatic rings. The fraction of sp³-hybridized carbons (Fsp3) is 0.478. The van der Waals surface area contributed by atoms with Crippen LogP contribution < -0.4 is 5.32 Å². The monoisotopic (exact) mass is 405 g/mol. The van der Waals surface area contributed by atoms with E-state index in [4.69, 9.17) is 4.74 Å². The molecule has 0 aliphatic rings. The van der Waals surface area contributed by atoms with Gasteiger partial charge in [0.05, 0.1) is 12.7 Å². The Labute approximate surface area is 172 Å². The molecule has 0 heterocycles. The van der Waals surface area contributed by atoms with Gasteiger partial charge in [0, 0.05) is 25.3 Å². The summed E-state index contributed by atoms with van der Waals surface area (Å²) in [4.78, 5) is 0. The molecule has 160 valence electrons. The number of aliphatic hydroxyl groups excluding tert-OH is 1. The van der Waals surface area contributed by atoms with Crippen LogP contribution in [0, 0.1) is 5.82 Å². The zero-order valence-electron chi connectivity index (χ0n) is 17.0. The molecule has 2 unspecified atom stereocenters. The zero-order chi connectivity index (χ0) is 21.1. The van der Waals surface area contributed by atoms with Gasteiger partial charge in [-0.1, -0.05) is 25.0 Å². The van der Waals surface area contributed by atoms with E-state index in [-0.39, 0.29) is 23.4 Å². The Morgan fingerprint density at radius 2 is 1.66 bits per heavy atom. The number of rotatable bonds is 13. The third-order valence-electron chi connectivity index (χ3n) is 4.84. The van der Waals surface area contributed by atoms with Gasteiger partial charge in [0.25, 0.3) is 0 Å². The summed E-state index contributed by atoms with van der Waals surface area (Å²) in [5.74, 6) is -0.342. The predicted octanol–water partition coefficient (Wildman–Crippen LogP) is 4.07. The molecule has 0 aliphatic carbocycles. The highest BCUT2D eigenvalue weighted by Gasteiger charge is 2.11. The van der Waals surface area contributed by atoms with Crippen LogP contribution in [0.5, 0.6) is 11.5 Å². The van der Waals surface area contributed by atoms with Gasteiger partial charge in [-0.3, -0.25) is 0 Å². The van der Waals surface area contributed by atoms with E-state index in [0.717, 1.165) is 44.3 Å². The molecular weight excluding hydrogens is 373 g/mol. The van der Waals surface area contributed by atoms with Crippen molar-refractivity contribution < 1.29 is 24.4 Å². The second-order valence-electron chi connectivity index (χ2n) is 7.45. The normalized spacial score (nSPS) is 13.3. The number of hydrogen-bond donors (Lipinski definition) is 4. The van der Waals surface area contributed by atoms with Gasteiger partial charge in [0.2, 0.25) is 0 Å². The van der Waals surface area contributed by atoms with Crippen molar-refractivity contribution in [1.29, 1.82) is 0 Å². The minimum Gasteiger partial charge on any atom is -0.508 e. The fourth-order valence-electron chi connectivity index (χ4n) is 3.12. The summed E-state index contributed by atoms with van der Waals surface area (Å²) in [5.41, 5.74) is 1.56. The van der Waals surface area contributed by atoms with E-state index >= 15 is 0 Å². The SMILES string of the molecule is CC(CCCCCOCCc1ccc(F)cc1)NCC(O)c1cc(O)cc(O)c1. The standard InChI is InChI=1S/C23H32FNO4/c1-17(25-16-23(28)19-13-21(26)15-22(27)14-19)5-3-2-4-11-29-12-10-18-6-8-20(24)9-7-18/h6-9,13-15,17,23,25-28H,2-5,10-12,16H2,1H3. The Balaban J connectivity index is 1.49. The number of nitrogens with one attached hydrogen (secondary N) is 1. The molecule has 2 atom stereocenters. The summed E-state index contributed by atoms with van der Waals surface area (Å²) in [6, 6.07) is 10.9.